The van der Waals surface area contributed by atoms with E-state index in [0.29, 0.717) is 12.3 Å². The van der Waals surface area contributed by atoms with Gasteiger partial charge >= 0.3 is 0 Å². The fourth-order valence-corrected chi connectivity index (χ4v) is 3.11. The van der Waals surface area contributed by atoms with Crippen molar-refractivity contribution >= 4 is 0 Å². The van der Waals surface area contributed by atoms with Gasteiger partial charge in [0.2, 0.25) is 0 Å². The maximum atomic E-state index is 14.1. The van der Waals surface area contributed by atoms with E-state index in [0.717, 1.165) is 37.3 Å². The third-order valence-corrected chi connectivity index (χ3v) is 4.39. The minimum atomic E-state index is -0.232. The summed E-state index contributed by atoms with van der Waals surface area (Å²) < 4.78 is 20.2. The largest absolute Gasteiger partial charge is 0.487 e. The van der Waals surface area contributed by atoms with Gasteiger partial charge in [-0.3, -0.25) is 0 Å². The molecule has 2 unspecified atom stereocenters. The molecule has 2 atom stereocenters. The fraction of sp³-hybridized carbons (Fsp3) is 0.667. The van der Waals surface area contributed by atoms with Gasteiger partial charge in [-0.25, -0.2) is 4.39 Å². The second-order valence-corrected chi connectivity index (χ2v) is 6.09. The average molecular weight is 293 g/mol. The molecule has 0 heterocycles. The number of halogens is 1. The summed E-state index contributed by atoms with van der Waals surface area (Å²) in [4.78, 5) is 0. The summed E-state index contributed by atoms with van der Waals surface area (Å²) in [5.41, 5.74) is 0.932. The van der Waals surface area contributed by atoms with Crippen LogP contribution in [0, 0.1) is 11.7 Å². The topological polar surface area (TPSA) is 21.3 Å². The Hall–Kier alpha value is -1.09. The monoisotopic (exact) mass is 293 g/mol. The first-order valence-corrected chi connectivity index (χ1v) is 8.39. The Balaban J connectivity index is 2.03. The highest BCUT2D eigenvalue weighted by molar-refractivity contribution is 5.35. The second-order valence-electron chi connectivity index (χ2n) is 6.09. The molecular weight excluding hydrogens is 265 g/mol. The zero-order valence-corrected chi connectivity index (χ0v) is 13.3. The minimum absolute atomic E-state index is 0.172. The van der Waals surface area contributed by atoms with Crippen molar-refractivity contribution in [2.45, 2.75) is 65.0 Å². The summed E-state index contributed by atoms with van der Waals surface area (Å²) >= 11 is 0. The zero-order chi connectivity index (χ0) is 15.1. The molecule has 118 valence electrons. The van der Waals surface area contributed by atoms with Gasteiger partial charge in [0.25, 0.3) is 0 Å². The molecule has 1 aromatic carbocycles. The van der Waals surface area contributed by atoms with Crippen LogP contribution >= 0.6 is 0 Å². The van der Waals surface area contributed by atoms with Gasteiger partial charge in [-0.15, -0.1) is 0 Å². The quantitative estimate of drug-likeness (QED) is 0.737. The number of benzene rings is 1. The lowest BCUT2D eigenvalue weighted by Crippen LogP contribution is -2.26. The second kappa shape index (κ2) is 8.38. The van der Waals surface area contributed by atoms with Gasteiger partial charge in [0.15, 0.2) is 11.6 Å². The van der Waals surface area contributed by atoms with Crippen LogP contribution in [0.1, 0.15) is 57.9 Å². The van der Waals surface area contributed by atoms with Crippen molar-refractivity contribution in [1.82, 2.24) is 5.32 Å². The highest BCUT2D eigenvalue weighted by Crippen LogP contribution is 2.32. The molecule has 1 saturated carbocycles. The van der Waals surface area contributed by atoms with Gasteiger partial charge in [-0.05, 0) is 44.2 Å². The third-order valence-electron chi connectivity index (χ3n) is 4.39. The van der Waals surface area contributed by atoms with Crippen LogP contribution in [0.5, 0.6) is 5.75 Å². The lowest BCUT2D eigenvalue weighted by Gasteiger charge is -2.29. The Labute approximate surface area is 128 Å². The molecule has 1 N–H and O–H groups in total. The molecule has 1 fully saturated rings. The van der Waals surface area contributed by atoms with Crippen molar-refractivity contribution in [1.29, 1.82) is 0 Å². The Bertz CT molecular complexity index is 435. The molecule has 0 amide bonds. The molecule has 0 bridgehead atoms. The maximum absolute atomic E-state index is 14.1. The molecule has 0 radical (unpaired) electrons. The van der Waals surface area contributed by atoms with E-state index in [-0.39, 0.29) is 11.9 Å². The molecular formula is C18H28FNO. The van der Waals surface area contributed by atoms with E-state index < -0.39 is 0 Å². The molecule has 1 aliphatic carbocycles. The van der Waals surface area contributed by atoms with Crippen molar-refractivity contribution < 1.29 is 9.13 Å². The molecule has 1 aliphatic rings. The van der Waals surface area contributed by atoms with Gasteiger partial charge < -0.3 is 10.1 Å². The molecule has 2 rings (SSSR count). The number of nitrogens with one attached hydrogen (secondary N) is 1. The Morgan fingerprint density at radius 1 is 1.29 bits per heavy atom. The first-order chi connectivity index (χ1) is 10.2. The van der Waals surface area contributed by atoms with Crippen LogP contribution in [0.25, 0.3) is 0 Å². The van der Waals surface area contributed by atoms with Crippen molar-refractivity contribution in [3.8, 4) is 5.75 Å². The van der Waals surface area contributed by atoms with E-state index in [1.54, 1.807) is 6.07 Å². The predicted octanol–water partition coefficient (Wildman–Crippen LogP) is 4.67. The van der Waals surface area contributed by atoms with Crippen LogP contribution < -0.4 is 10.1 Å². The van der Waals surface area contributed by atoms with Crippen molar-refractivity contribution in [3.63, 3.8) is 0 Å². The third kappa shape index (κ3) is 4.70. The fourth-order valence-electron chi connectivity index (χ4n) is 3.11. The van der Waals surface area contributed by atoms with Crippen molar-refractivity contribution in [2.24, 2.45) is 5.92 Å². The Morgan fingerprint density at radius 3 is 2.90 bits per heavy atom. The van der Waals surface area contributed by atoms with Crippen molar-refractivity contribution in [3.05, 3.63) is 29.6 Å². The highest BCUT2D eigenvalue weighted by Gasteiger charge is 2.24. The molecule has 1 aromatic rings. The summed E-state index contributed by atoms with van der Waals surface area (Å²) in [5.74, 6) is 0.962. The first kappa shape index (κ1) is 16.3. The highest BCUT2D eigenvalue weighted by atomic mass is 19.1. The summed E-state index contributed by atoms with van der Waals surface area (Å²) in [5, 5.41) is 3.33. The van der Waals surface area contributed by atoms with Crippen LogP contribution in [0.2, 0.25) is 0 Å². The predicted molar refractivity (Wildman–Crippen MR) is 85.1 cm³/mol. The number of ether oxygens (including phenoxy) is 1. The number of hydrogen-bond donors (Lipinski definition) is 1. The molecule has 0 aliphatic heterocycles. The van der Waals surface area contributed by atoms with Crippen LogP contribution in [-0.4, -0.2) is 12.6 Å². The van der Waals surface area contributed by atoms with Crippen molar-refractivity contribution in [2.75, 3.05) is 6.54 Å². The molecule has 0 spiro atoms. The van der Waals surface area contributed by atoms with Gasteiger partial charge in [-0.1, -0.05) is 38.8 Å². The molecule has 3 heteroatoms. The van der Waals surface area contributed by atoms with Gasteiger partial charge in [0.05, 0.1) is 6.10 Å². The average Bonchev–Trinajstić information content (AvgIpc) is 2.51. The van der Waals surface area contributed by atoms with Gasteiger partial charge in [0, 0.05) is 12.1 Å². The molecule has 0 aromatic heterocycles. The van der Waals surface area contributed by atoms with E-state index in [2.05, 4.69) is 19.2 Å². The lowest BCUT2D eigenvalue weighted by molar-refractivity contribution is 0.116. The van der Waals surface area contributed by atoms with Crippen LogP contribution in [0.4, 0.5) is 4.39 Å². The maximum Gasteiger partial charge on any atom is 0.165 e. The summed E-state index contributed by atoms with van der Waals surface area (Å²) in [6, 6.07) is 5.22. The van der Waals surface area contributed by atoms with E-state index in [1.807, 2.05) is 6.07 Å². The number of hydrogen-bond acceptors (Lipinski definition) is 2. The van der Waals surface area contributed by atoms with E-state index in [9.17, 15) is 4.39 Å². The smallest absolute Gasteiger partial charge is 0.165 e. The SMILES string of the molecule is CCCNCc1cccc(F)c1OC1CCCC(CC)C1. The van der Waals surface area contributed by atoms with Gasteiger partial charge in [-0.2, -0.15) is 0 Å². The summed E-state index contributed by atoms with van der Waals surface area (Å²) in [7, 11) is 0. The Morgan fingerprint density at radius 2 is 2.14 bits per heavy atom. The van der Waals surface area contributed by atoms with E-state index in [4.69, 9.17) is 4.74 Å². The number of rotatable bonds is 7. The van der Waals surface area contributed by atoms with Crippen LogP contribution in [-0.2, 0) is 6.54 Å². The number of para-hydroxylation sites is 1. The van der Waals surface area contributed by atoms with E-state index in [1.165, 1.54) is 25.3 Å². The molecule has 21 heavy (non-hydrogen) atoms. The van der Waals surface area contributed by atoms with E-state index >= 15 is 0 Å². The first-order valence-electron chi connectivity index (χ1n) is 8.39. The van der Waals surface area contributed by atoms with Crippen LogP contribution in [0.3, 0.4) is 0 Å². The van der Waals surface area contributed by atoms with Gasteiger partial charge in [0.1, 0.15) is 0 Å². The lowest BCUT2D eigenvalue weighted by atomic mass is 9.85. The Kier molecular flexibility index (Phi) is 6.50. The zero-order valence-electron chi connectivity index (χ0n) is 13.3. The molecule has 0 saturated heterocycles. The van der Waals surface area contributed by atoms with Crippen LogP contribution in [0.15, 0.2) is 18.2 Å². The standard InChI is InChI=1S/C18H28FNO/c1-3-11-20-13-15-8-6-10-17(19)18(15)21-16-9-5-7-14(4-2)12-16/h6,8,10,14,16,20H,3-5,7,9,11-13H2,1-2H3. The summed E-state index contributed by atoms with van der Waals surface area (Å²) in [6.07, 6.45) is 7.04. The summed E-state index contributed by atoms with van der Waals surface area (Å²) in [6.45, 7) is 5.97. The normalized spacial score (nSPS) is 22.2. The molecule has 2 nitrogen and oxygen atoms in total. The minimum Gasteiger partial charge on any atom is -0.487 e.